The van der Waals surface area contributed by atoms with Crippen molar-refractivity contribution < 1.29 is 14.3 Å². The van der Waals surface area contributed by atoms with Crippen LogP contribution in [0.1, 0.15) is 18.0 Å². The molecule has 0 heterocycles. The summed E-state index contributed by atoms with van der Waals surface area (Å²) >= 11 is 0. The minimum atomic E-state index is -0.388. The molecule has 1 atom stereocenters. The molecule has 18 heavy (non-hydrogen) atoms. The Morgan fingerprint density at radius 2 is 2.00 bits per heavy atom. The Bertz CT molecular complexity index is 419. The van der Waals surface area contributed by atoms with Gasteiger partial charge in [0.05, 0.1) is 14.2 Å². The second kappa shape index (κ2) is 6.26. The van der Waals surface area contributed by atoms with Gasteiger partial charge in [0.25, 0.3) is 0 Å². The molecule has 2 N–H and O–H groups in total. The fraction of sp³-hybridized carbons (Fsp3) is 0.462. The molecule has 0 aliphatic carbocycles. The van der Waals surface area contributed by atoms with Crippen LogP contribution in [0, 0.1) is 0 Å². The highest BCUT2D eigenvalue weighted by Crippen LogP contribution is 2.29. The van der Waals surface area contributed by atoms with Crippen LogP contribution in [0.3, 0.4) is 0 Å². The van der Waals surface area contributed by atoms with Gasteiger partial charge in [0, 0.05) is 38.2 Å². The number of methoxy groups -OCH3 is 2. The van der Waals surface area contributed by atoms with Crippen molar-refractivity contribution in [2.75, 3.05) is 28.3 Å². The molecular weight excluding hydrogens is 232 g/mol. The fourth-order valence-corrected chi connectivity index (χ4v) is 1.61. The third-order valence-corrected chi connectivity index (χ3v) is 2.73. The molecule has 1 rings (SSSR count). The Balaban J connectivity index is 2.91. The first-order valence-corrected chi connectivity index (χ1v) is 5.67. The number of amides is 1. The largest absolute Gasteiger partial charge is 0.497 e. The van der Waals surface area contributed by atoms with Gasteiger partial charge < -0.3 is 20.1 Å². The highest BCUT2D eigenvalue weighted by Gasteiger charge is 2.17. The van der Waals surface area contributed by atoms with Gasteiger partial charge in [0.2, 0.25) is 5.91 Å². The van der Waals surface area contributed by atoms with E-state index in [0.29, 0.717) is 11.5 Å². The number of rotatable bonds is 5. The lowest BCUT2D eigenvalue weighted by Crippen LogP contribution is -2.26. The van der Waals surface area contributed by atoms with Crippen LogP contribution >= 0.6 is 0 Å². The number of hydrogen-bond acceptors (Lipinski definition) is 4. The van der Waals surface area contributed by atoms with Crippen LogP contribution < -0.4 is 15.2 Å². The monoisotopic (exact) mass is 252 g/mol. The maximum Gasteiger partial charge on any atom is 0.223 e. The van der Waals surface area contributed by atoms with E-state index >= 15 is 0 Å². The van der Waals surface area contributed by atoms with Crippen LogP contribution in [0.5, 0.6) is 11.5 Å². The summed E-state index contributed by atoms with van der Waals surface area (Å²) in [6.07, 6.45) is 0.246. The number of nitrogens with two attached hydrogens (primary N) is 1. The molecule has 0 aromatic heterocycles. The summed E-state index contributed by atoms with van der Waals surface area (Å²) in [7, 11) is 6.57. The first-order valence-electron chi connectivity index (χ1n) is 5.67. The Labute approximate surface area is 107 Å². The van der Waals surface area contributed by atoms with Crippen LogP contribution in [0.2, 0.25) is 0 Å². The molecule has 1 aromatic carbocycles. The quantitative estimate of drug-likeness (QED) is 0.854. The topological polar surface area (TPSA) is 64.8 Å². The van der Waals surface area contributed by atoms with E-state index in [2.05, 4.69) is 0 Å². The Kier molecular flexibility index (Phi) is 4.97. The Morgan fingerprint density at radius 1 is 1.33 bits per heavy atom. The summed E-state index contributed by atoms with van der Waals surface area (Å²) in [5.41, 5.74) is 6.83. The second-order valence-corrected chi connectivity index (χ2v) is 4.21. The molecule has 1 unspecified atom stereocenters. The van der Waals surface area contributed by atoms with E-state index in [-0.39, 0.29) is 18.4 Å². The van der Waals surface area contributed by atoms with E-state index in [9.17, 15) is 4.79 Å². The van der Waals surface area contributed by atoms with Crippen LogP contribution in [0.25, 0.3) is 0 Å². The van der Waals surface area contributed by atoms with E-state index in [4.69, 9.17) is 15.2 Å². The van der Waals surface area contributed by atoms with Crippen LogP contribution in [0.15, 0.2) is 18.2 Å². The highest BCUT2D eigenvalue weighted by molar-refractivity contribution is 5.76. The van der Waals surface area contributed by atoms with Gasteiger partial charge in [-0.25, -0.2) is 0 Å². The lowest BCUT2D eigenvalue weighted by Gasteiger charge is -2.18. The molecule has 0 aliphatic rings. The number of nitrogens with zero attached hydrogens (tertiary/aromatic N) is 1. The third kappa shape index (κ3) is 3.37. The van der Waals surface area contributed by atoms with Gasteiger partial charge in [-0.2, -0.15) is 0 Å². The zero-order valence-corrected chi connectivity index (χ0v) is 11.3. The maximum atomic E-state index is 11.6. The lowest BCUT2D eigenvalue weighted by molar-refractivity contribution is -0.129. The molecule has 0 saturated heterocycles. The van der Waals surface area contributed by atoms with Crippen molar-refractivity contribution in [3.05, 3.63) is 23.8 Å². The molecule has 100 valence electrons. The van der Waals surface area contributed by atoms with Gasteiger partial charge in [0.15, 0.2) is 0 Å². The Hall–Kier alpha value is -1.75. The SMILES string of the molecule is COc1ccc(C(N)CC(=O)N(C)C)c(OC)c1. The van der Waals surface area contributed by atoms with E-state index in [1.54, 1.807) is 40.4 Å². The third-order valence-electron chi connectivity index (χ3n) is 2.73. The van der Waals surface area contributed by atoms with Crippen LogP contribution in [-0.2, 0) is 4.79 Å². The summed E-state index contributed by atoms with van der Waals surface area (Å²) in [6.45, 7) is 0. The molecule has 1 aromatic rings. The number of carbonyl (C=O) groups excluding carboxylic acids is 1. The predicted octanol–water partition coefficient (Wildman–Crippen LogP) is 1.18. The smallest absolute Gasteiger partial charge is 0.223 e. The van der Waals surface area contributed by atoms with Gasteiger partial charge in [-0.05, 0) is 6.07 Å². The zero-order chi connectivity index (χ0) is 13.7. The number of carbonyl (C=O) groups is 1. The average molecular weight is 252 g/mol. The number of hydrogen-bond donors (Lipinski definition) is 1. The zero-order valence-electron chi connectivity index (χ0n) is 11.3. The first-order chi connectivity index (χ1) is 8.49. The highest BCUT2D eigenvalue weighted by atomic mass is 16.5. The van der Waals surface area contributed by atoms with Crippen molar-refractivity contribution in [2.45, 2.75) is 12.5 Å². The number of ether oxygens (including phenoxy) is 2. The summed E-state index contributed by atoms with van der Waals surface area (Å²) in [5.74, 6) is 1.32. The maximum absolute atomic E-state index is 11.6. The summed E-state index contributed by atoms with van der Waals surface area (Å²) in [5, 5.41) is 0. The molecule has 0 aliphatic heterocycles. The van der Waals surface area contributed by atoms with Crippen molar-refractivity contribution in [1.29, 1.82) is 0 Å². The molecule has 5 heteroatoms. The average Bonchev–Trinajstić information content (AvgIpc) is 2.37. The van der Waals surface area contributed by atoms with Gasteiger partial charge in [-0.1, -0.05) is 6.07 Å². The van der Waals surface area contributed by atoms with Gasteiger partial charge in [-0.3, -0.25) is 4.79 Å². The van der Waals surface area contributed by atoms with Crippen molar-refractivity contribution in [3.63, 3.8) is 0 Å². The Morgan fingerprint density at radius 3 is 2.50 bits per heavy atom. The minimum Gasteiger partial charge on any atom is -0.497 e. The van der Waals surface area contributed by atoms with Gasteiger partial charge in [0.1, 0.15) is 11.5 Å². The van der Waals surface area contributed by atoms with Crippen molar-refractivity contribution in [2.24, 2.45) is 5.73 Å². The van der Waals surface area contributed by atoms with Crippen molar-refractivity contribution in [1.82, 2.24) is 4.90 Å². The van der Waals surface area contributed by atoms with Crippen molar-refractivity contribution >= 4 is 5.91 Å². The summed E-state index contributed by atoms with van der Waals surface area (Å²) in [4.78, 5) is 13.2. The minimum absolute atomic E-state index is 0.0135. The van der Waals surface area contributed by atoms with Crippen LogP contribution in [-0.4, -0.2) is 39.1 Å². The standard InChI is InChI=1S/C13H20N2O3/c1-15(2)13(16)8-11(14)10-6-5-9(17-3)7-12(10)18-4/h5-7,11H,8,14H2,1-4H3. The van der Waals surface area contributed by atoms with Gasteiger partial charge in [-0.15, -0.1) is 0 Å². The molecule has 1 amide bonds. The second-order valence-electron chi connectivity index (χ2n) is 4.21. The molecule has 5 nitrogen and oxygen atoms in total. The molecule has 0 bridgehead atoms. The van der Waals surface area contributed by atoms with E-state index < -0.39 is 0 Å². The summed E-state index contributed by atoms with van der Waals surface area (Å²) < 4.78 is 10.4. The van der Waals surface area contributed by atoms with Crippen molar-refractivity contribution in [3.8, 4) is 11.5 Å². The predicted molar refractivity (Wildman–Crippen MR) is 69.8 cm³/mol. The molecule has 0 saturated carbocycles. The lowest BCUT2D eigenvalue weighted by atomic mass is 10.0. The van der Waals surface area contributed by atoms with Gasteiger partial charge >= 0.3 is 0 Å². The fourth-order valence-electron chi connectivity index (χ4n) is 1.61. The molecular formula is C13H20N2O3. The van der Waals surface area contributed by atoms with E-state index in [0.717, 1.165) is 5.56 Å². The number of benzene rings is 1. The molecule has 0 radical (unpaired) electrons. The first kappa shape index (κ1) is 14.3. The molecule has 0 fully saturated rings. The molecule has 0 spiro atoms. The summed E-state index contributed by atoms with van der Waals surface area (Å²) in [6, 6.07) is 5.00. The van der Waals surface area contributed by atoms with E-state index in [1.807, 2.05) is 6.07 Å². The van der Waals surface area contributed by atoms with E-state index in [1.165, 1.54) is 4.90 Å². The van der Waals surface area contributed by atoms with Crippen LogP contribution in [0.4, 0.5) is 0 Å². The normalized spacial score (nSPS) is 11.8.